The number of aryl methyl sites for hydroxylation is 1. The Morgan fingerprint density at radius 2 is 1.85 bits per heavy atom. The van der Waals surface area contributed by atoms with Gasteiger partial charge in [-0.25, -0.2) is 9.59 Å². The van der Waals surface area contributed by atoms with E-state index in [2.05, 4.69) is 10.6 Å². The summed E-state index contributed by atoms with van der Waals surface area (Å²) in [6, 6.07) is 16.2. The van der Waals surface area contributed by atoms with Crippen LogP contribution in [-0.2, 0) is 6.54 Å². The third kappa shape index (κ3) is 4.28. The van der Waals surface area contributed by atoms with E-state index in [4.69, 9.17) is 4.74 Å². The number of hydrogen-bond acceptors (Lipinski definition) is 3. The quantitative estimate of drug-likeness (QED) is 0.502. The first kappa shape index (κ1) is 18.5. The fourth-order valence-electron chi connectivity index (χ4n) is 2.93. The standard InChI is InChI=1S/C21H23N3O3/c1-3-12-22-21(26)23-16-9-7-10-17(14-16)27-20(25)19-13-15-8-5-6-11-18(15)24(19)4-2/h5-11,13-14H,3-4,12H2,1-2H3,(H2,22,23,26). The van der Waals surface area contributed by atoms with Gasteiger partial charge in [0.2, 0.25) is 0 Å². The zero-order chi connectivity index (χ0) is 19.2. The number of aromatic nitrogens is 1. The van der Waals surface area contributed by atoms with Crippen LogP contribution in [0.25, 0.3) is 10.9 Å². The molecule has 0 fully saturated rings. The molecule has 1 aromatic heterocycles. The maximum absolute atomic E-state index is 12.7. The highest BCUT2D eigenvalue weighted by Crippen LogP contribution is 2.23. The zero-order valence-corrected chi connectivity index (χ0v) is 15.5. The first-order chi connectivity index (χ1) is 13.1. The van der Waals surface area contributed by atoms with Crippen LogP contribution in [0.3, 0.4) is 0 Å². The van der Waals surface area contributed by atoms with Crippen LogP contribution in [0.5, 0.6) is 5.75 Å². The van der Waals surface area contributed by atoms with Crippen molar-refractivity contribution in [2.45, 2.75) is 26.8 Å². The molecule has 0 aliphatic rings. The lowest BCUT2D eigenvalue weighted by Crippen LogP contribution is -2.29. The fraction of sp³-hybridized carbons (Fsp3) is 0.238. The Hall–Kier alpha value is -3.28. The highest BCUT2D eigenvalue weighted by atomic mass is 16.5. The summed E-state index contributed by atoms with van der Waals surface area (Å²) in [5.74, 6) is -0.0539. The minimum absolute atomic E-state index is 0.286. The average molecular weight is 365 g/mol. The minimum atomic E-state index is -0.430. The molecule has 0 aliphatic carbocycles. The Kier molecular flexibility index (Phi) is 5.76. The van der Waals surface area contributed by atoms with Gasteiger partial charge in [0.15, 0.2) is 0 Å². The highest BCUT2D eigenvalue weighted by molar-refractivity contribution is 5.97. The second-order valence-corrected chi connectivity index (χ2v) is 6.13. The highest BCUT2D eigenvalue weighted by Gasteiger charge is 2.17. The van der Waals surface area contributed by atoms with Crippen LogP contribution in [0, 0.1) is 0 Å². The van der Waals surface area contributed by atoms with E-state index >= 15 is 0 Å². The normalized spacial score (nSPS) is 10.6. The summed E-state index contributed by atoms with van der Waals surface area (Å²) in [5, 5.41) is 6.46. The van der Waals surface area contributed by atoms with Crippen LogP contribution >= 0.6 is 0 Å². The van der Waals surface area contributed by atoms with Gasteiger partial charge in [-0.1, -0.05) is 31.2 Å². The van der Waals surface area contributed by atoms with Crippen molar-refractivity contribution >= 4 is 28.6 Å². The predicted octanol–water partition coefficient (Wildman–Crippen LogP) is 4.41. The molecule has 0 saturated heterocycles. The Morgan fingerprint density at radius 1 is 1.04 bits per heavy atom. The van der Waals surface area contributed by atoms with Crippen LogP contribution in [0.1, 0.15) is 30.8 Å². The molecule has 0 atom stereocenters. The molecule has 1 heterocycles. The Labute approximate surface area is 158 Å². The topological polar surface area (TPSA) is 72.4 Å². The molecule has 2 N–H and O–H groups in total. The Bertz CT molecular complexity index is 962. The van der Waals surface area contributed by atoms with Crippen molar-refractivity contribution in [1.29, 1.82) is 0 Å². The number of fused-ring (bicyclic) bond motifs is 1. The minimum Gasteiger partial charge on any atom is -0.422 e. The number of anilines is 1. The summed E-state index contributed by atoms with van der Waals surface area (Å²) >= 11 is 0. The summed E-state index contributed by atoms with van der Waals surface area (Å²) in [6.07, 6.45) is 0.858. The number of nitrogens with zero attached hydrogens (tertiary/aromatic N) is 1. The van der Waals surface area contributed by atoms with Crippen molar-refractivity contribution in [1.82, 2.24) is 9.88 Å². The van der Waals surface area contributed by atoms with Crippen molar-refractivity contribution in [3.05, 3.63) is 60.3 Å². The van der Waals surface area contributed by atoms with Gasteiger partial charge in [0.1, 0.15) is 11.4 Å². The summed E-state index contributed by atoms with van der Waals surface area (Å²) in [7, 11) is 0. The molecule has 6 heteroatoms. The molecule has 3 aromatic rings. The third-order valence-electron chi connectivity index (χ3n) is 4.17. The van der Waals surface area contributed by atoms with E-state index in [0.717, 1.165) is 17.3 Å². The van der Waals surface area contributed by atoms with E-state index in [1.807, 2.05) is 48.7 Å². The molecule has 2 aromatic carbocycles. The smallest absolute Gasteiger partial charge is 0.360 e. The first-order valence-electron chi connectivity index (χ1n) is 9.07. The number of carbonyl (C=O) groups excluding carboxylic acids is 2. The molecule has 27 heavy (non-hydrogen) atoms. The van der Waals surface area contributed by atoms with Gasteiger partial charge in [-0.15, -0.1) is 0 Å². The van der Waals surface area contributed by atoms with Gasteiger partial charge in [-0.2, -0.15) is 0 Å². The molecule has 0 bridgehead atoms. The summed E-state index contributed by atoms with van der Waals surface area (Å²) < 4.78 is 7.47. The molecule has 0 aliphatic heterocycles. The van der Waals surface area contributed by atoms with Gasteiger partial charge in [0.25, 0.3) is 0 Å². The molecule has 0 saturated carbocycles. The maximum Gasteiger partial charge on any atom is 0.360 e. The van der Waals surface area contributed by atoms with Gasteiger partial charge < -0.3 is 19.9 Å². The van der Waals surface area contributed by atoms with Crippen LogP contribution in [0.2, 0.25) is 0 Å². The molecular formula is C21H23N3O3. The molecule has 2 amide bonds. The lowest BCUT2D eigenvalue weighted by Gasteiger charge is -2.10. The van der Waals surface area contributed by atoms with Gasteiger partial charge >= 0.3 is 12.0 Å². The van der Waals surface area contributed by atoms with Gasteiger partial charge in [-0.3, -0.25) is 0 Å². The van der Waals surface area contributed by atoms with Crippen molar-refractivity contribution < 1.29 is 14.3 Å². The Balaban J connectivity index is 1.77. The molecule has 0 spiro atoms. The predicted molar refractivity (Wildman–Crippen MR) is 106 cm³/mol. The second kappa shape index (κ2) is 8.40. The van der Waals surface area contributed by atoms with Gasteiger partial charge in [0, 0.05) is 35.7 Å². The molecule has 140 valence electrons. The Morgan fingerprint density at radius 3 is 2.63 bits per heavy atom. The summed E-state index contributed by atoms with van der Waals surface area (Å²) in [5.41, 5.74) is 2.05. The number of urea groups is 1. The monoisotopic (exact) mass is 365 g/mol. The van der Waals surface area contributed by atoms with Gasteiger partial charge in [-0.05, 0) is 37.6 Å². The molecule has 0 unspecified atom stereocenters. The van der Waals surface area contributed by atoms with Crippen LogP contribution in [0.4, 0.5) is 10.5 Å². The molecule has 3 rings (SSSR count). The number of para-hydroxylation sites is 1. The second-order valence-electron chi connectivity index (χ2n) is 6.13. The van der Waals surface area contributed by atoms with E-state index in [9.17, 15) is 9.59 Å². The number of hydrogen-bond donors (Lipinski definition) is 2. The number of ether oxygens (including phenoxy) is 1. The third-order valence-corrected chi connectivity index (χ3v) is 4.17. The van der Waals surface area contributed by atoms with Crippen molar-refractivity contribution in [3.63, 3.8) is 0 Å². The van der Waals surface area contributed by atoms with Crippen LogP contribution in [0.15, 0.2) is 54.6 Å². The van der Waals surface area contributed by atoms with Crippen molar-refractivity contribution in [2.75, 3.05) is 11.9 Å². The number of carbonyl (C=O) groups is 2. The number of benzene rings is 2. The van der Waals surface area contributed by atoms with E-state index < -0.39 is 5.97 Å². The van der Waals surface area contributed by atoms with E-state index in [0.29, 0.717) is 30.2 Å². The first-order valence-corrected chi connectivity index (χ1v) is 9.07. The maximum atomic E-state index is 12.7. The van der Waals surface area contributed by atoms with Crippen molar-refractivity contribution in [3.8, 4) is 5.75 Å². The molecule has 0 radical (unpaired) electrons. The summed E-state index contributed by atoms with van der Waals surface area (Å²) in [6.45, 7) is 5.23. The number of nitrogens with one attached hydrogen (secondary N) is 2. The SMILES string of the molecule is CCCNC(=O)Nc1cccc(OC(=O)c2cc3ccccc3n2CC)c1. The number of rotatable bonds is 6. The lowest BCUT2D eigenvalue weighted by molar-refractivity contribution is 0.0724. The number of amides is 2. The number of esters is 1. The van der Waals surface area contributed by atoms with E-state index in [1.165, 1.54) is 0 Å². The molecule has 6 nitrogen and oxygen atoms in total. The largest absolute Gasteiger partial charge is 0.422 e. The lowest BCUT2D eigenvalue weighted by atomic mass is 10.2. The fourth-order valence-corrected chi connectivity index (χ4v) is 2.93. The molecular weight excluding hydrogens is 342 g/mol. The summed E-state index contributed by atoms with van der Waals surface area (Å²) in [4.78, 5) is 24.5. The van der Waals surface area contributed by atoms with Crippen molar-refractivity contribution in [2.24, 2.45) is 0 Å². The van der Waals surface area contributed by atoms with Crippen LogP contribution < -0.4 is 15.4 Å². The van der Waals surface area contributed by atoms with Gasteiger partial charge in [0.05, 0.1) is 0 Å². The van der Waals surface area contributed by atoms with E-state index in [-0.39, 0.29) is 6.03 Å². The van der Waals surface area contributed by atoms with E-state index in [1.54, 1.807) is 24.3 Å². The average Bonchev–Trinajstić information content (AvgIpc) is 3.05. The zero-order valence-electron chi connectivity index (χ0n) is 15.5. The van der Waals surface area contributed by atoms with Crippen LogP contribution in [-0.4, -0.2) is 23.1 Å².